The normalized spacial score (nSPS) is 22.6. The van der Waals surface area contributed by atoms with Crippen LogP contribution in [0, 0.1) is 17.2 Å². The van der Waals surface area contributed by atoms with E-state index in [2.05, 4.69) is 35.1 Å². The highest BCUT2D eigenvalue weighted by atomic mass is 79.9. The molecular weight excluding hydrogens is 321 g/mol. The minimum Gasteiger partial charge on any atom is -0.381 e. The van der Waals surface area contributed by atoms with Crippen LogP contribution >= 0.6 is 15.9 Å². The van der Waals surface area contributed by atoms with Crippen molar-refractivity contribution in [3.05, 3.63) is 34.1 Å². The van der Waals surface area contributed by atoms with Gasteiger partial charge in [-0.2, -0.15) is 0 Å². The molecule has 1 atom stereocenters. The van der Waals surface area contributed by atoms with Gasteiger partial charge in [-0.1, -0.05) is 29.8 Å². The molecule has 1 aromatic rings. The van der Waals surface area contributed by atoms with E-state index in [9.17, 15) is 4.39 Å². The molecule has 112 valence electrons. The summed E-state index contributed by atoms with van der Waals surface area (Å²) in [6.45, 7) is 7.91. The number of nitrogens with one attached hydrogen (secondary N) is 1. The number of rotatable bonds is 6. The van der Waals surface area contributed by atoms with Crippen molar-refractivity contribution in [3.63, 3.8) is 0 Å². The molecule has 0 aliphatic carbocycles. The molecule has 1 fully saturated rings. The summed E-state index contributed by atoms with van der Waals surface area (Å²) in [5.74, 6) is 0.455. The zero-order chi connectivity index (χ0) is 14.6. The van der Waals surface area contributed by atoms with Crippen molar-refractivity contribution in [1.82, 2.24) is 5.32 Å². The predicted octanol–water partition coefficient (Wildman–Crippen LogP) is 3.78. The van der Waals surface area contributed by atoms with Crippen molar-refractivity contribution in [3.8, 4) is 0 Å². The first-order valence-corrected chi connectivity index (χ1v) is 8.02. The van der Waals surface area contributed by atoms with Crippen LogP contribution in [0.25, 0.3) is 0 Å². The van der Waals surface area contributed by atoms with Crippen LogP contribution in [-0.4, -0.2) is 26.3 Å². The summed E-state index contributed by atoms with van der Waals surface area (Å²) in [6.07, 6.45) is 1.89. The predicted molar refractivity (Wildman–Crippen MR) is 83.4 cm³/mol. The molecular formula is C16H23BrFNO. The Morgan fingerprint density at radius 3 is 2.80 bits per heavy atom. The van der Waals surface area contributed by atoms with Crippen molar-refractivity contribution in [2.75, 3.05) is 26.3 Å². The van der Waals surface area contributed by atoms with Gasteiger partial charge >= 0.3 is 0 Å². The summed E-state index contributed by atoms with van der Waals surface area (Å²) in [5, 5.41) is 3.53. The molecule has 1 unspecified atom stereocenters. The van der Waals surface area contributed by atoms with Crippen LogP contribution in [0.15, 0.2) is 22.7 Å². The molecule has 0 radical (unpaired) electrons. The van der Waals surface area contributed by atoms with Crippen LogP contribution in [0.1, 0.15) is 25.8 Å². The Kier molecular flexibility index (Phi) is 5.58. The highest BCUT2D eigenvalue weighted by Crippen LogP contribution is 2.33. The molecule has 2 rings (SSSR count). The van der Waals surface area contributed by atoms with Gasteiger partial charge < -0.3 is 10.1 Å². The third-order valence-electron chi connectivity index (χ3n) is 3.74. The molecule has 1 aromatic carbocycles. The third-order valence-corrected chi connectivity index (χ3v) is 4.20. The van der Waals surface area contributed by atoms with E-state index < -0.39 is 0 Å². The largest absolute Gasteiger partial charge is 0.381 e. The fourth-order valence-corrected chi connectivity index (χ4v) is 3.28. The maximum absolute atomic E-state index is 13.5. The van der Waals surface area contributed by atoms with Crippen molar-refractivity contribution in [2.24, 2.45) is 11.3 Å². The van der Waals surface area contributed by atoms with Crippen LogP contribution in [0.2, 0.25) is 0 Å². The van der Waals surface area contributed by atoms with E-state index in [1.807, 2.05) is 6.07 Å². The van der Waals surface area contributed by atoms with Gasteiger partial charge in [0.25, 0.3) is 0 Å². The minimum atomic E-state index is -0.182. The summed E-state index contributed by atoms with van der Waals surface area (Å²) in [5.41, 5.74) is 1.14. The van der Waals surface area contributed by atoms with E-state index in [0.717, 1.165) is 49.2 Å². The van der Waals surface area contributed by atoms with E-state index in [1.165, 1.54) is 6.07 Å². The second-order valence-corrected chi connectivity index (χ2v) is 7.20. The summed E-state index contributed by atoms with van der Waals surface area (Å²) >= 11 is 3.36. The first kappa shape index (κ1) is 15.9. The molecule has 0 saturated carbocycles. The van der Waals surface area contributed by atoms with E-state index >= 15 is 0 Å². The van der Waals surface area contributed by atoms with Crippen LogP contribution in [-0.2, 0) is 11.2 Å². The lowest BCUT2D eigenvalue weighted by molar-refractivity contribution is 0.148. The van der Waals surface area contributed by atoms with Crippen LogP contribution in [0.5, 0.6) is 0 Å². The molecule has 1 heterocycles. The fraction of sp³-hybridized carbons (Fsp3) is 0.625. The smallest absolute Gasteiger partial charge is 0.124 e. The van der Waals surface area contributed by atoms with Gasteiger partial charge in [-0.3, -0.25) is 0 Å². The fourth-order valence-electron chi connectivity index (χ4n) is 2.76. The molecule has 1 aliphatic heterocycles. The van der Waals surface area contributed by atoms with Gasteiger partial charge in [0, 0.05) is 23.0 Å². The summed E-state index contributed by atoms with van der Waals surface area (Å²) in [4.78, 5) is 0. The lowest BCUT2D eigenvalue weighted by Crippen LogP contribution is -2.38. The zero-order valence-corrected chi connectivity index (χ0v) is 13.8. The number of hydrogen-bond acceptors (Lipinski definition) is 2. The second kappa shape index (κ2) is 7.01. The average molecular weight is 344 g/mol. The summed E-state index contributed by atoms with van der Waals surface area (Å²) < 4.78 is 19.9. The number of ether oxygens (including phenoxy) is 1. The van der Waals surface area contributed by atoms with Crippen molar-refractivity contribution in [1.29, 1.82) is 0 Å². The Bertz CT molecular complexity index is 424. The molecule has 0 aromatic heterocycles. The van der Waals surface area contributed by atoms with Crippen molar-refractivity contribution in [2.45, 2.75) is 26.7 Å². The summed E-state index contributed by atoms with van der Waals surface area (Å²) in [7, 11) is 0. The maximum atomic E-state index is 13.5. The number of halogens is 2. The minimum absolute atomic E-state index is 0.0993. The molecule has 1 saturated heterocycles. The maximum Gasteiger partial charge on any atom is 0.124 e. The molecule has 0 amide bonds. The van der Waals surface area contributed by atoms with Gasteiger partial charge in [0.05, 0.1) is 6.61 Å². The Morgan fingerprint density at radius 2 is 2.20 bits per heavy atom. The van der Waals surface area contributed by atoms with E-state index in [4.69, 9.17) is 4.74 Å². The van der Waals surface area contributed by atoms with Crippen molar-refractivity contribution >= 4 is 15.9 Å². The van der Waals surface area contributed by atoms with Crippen LogP contribution in [0.4, 0.5) is 4.39 Å². The molecule has 1 N–H and O–H groups in total. The summed E-state index contributed by atoms with van der Waals surface area (Å²) in [6, 6.07) is 5.14. The van der Waals surface area contributed by atoms with Gasteiger partial charge in [-0.25, -0.2) is 4.39 Å². The Morgan fingerprint density at radius 1 is 1.40 bits per heavy atom. The average Bonchev–Trinajstić information content (AvgIpc) is 2.75. The highest BCUT2D eigenvalue weighted by Gasteiger charge is 2.34. The lowest BCUT2D eigenvalue weighted by atomic mass is 9.80. The van der Waals surface area contributed by atoms with Crippen molar-refractivity contribution < 1.29 is 9.13 Å². The zero-order valence-electron chi connectivity index (χ0n) is 12.2. The van der Waals surface area contributed by atoms with Gasteiger partial charge in [-0.15, -0.1) is 0 Å². The SMILES string of the molecule is CC(C)CNCC1(Cc2cc(F)cc(Br)c2)CCOC1. The van der Waals surface area contributed by atoms with E-state index in [0.29, 0.717) is 5.92 Å². The van der Waals surface area contributed by atoms with Gasteiger partial charge in [0.1, 0.15) is 5.82 Å². The second-order valence-electron chi connectivity index (χ2n) is 6.28. The standard InChI is InChI=1S/C16H23BrFNO/c1-12(2)9-19-10-16(3-4-20-11-16)8-13-5-14(17)7-15(18)6-13/h5-7,12,19H,3-4,8-11H2,1-2H3. The first-order chi connectivity index (χ1) is 9.49. The van der Waals surface area contributed by atoms with Gasteiger partial charge in [0.15, 0.2) is 0 Å². The monoisotopic (exact) mass is 343 g/mol. The van der Waals surface area contributed by atoms with E-state index in [1.54, 1.807) is 6.07 Å². The molecule has 2 nitrogen and oxygen atoms in total. The Labute approximate surface area is 129 Å². The topological polar surface area (TPSA) is 21.3 Å². The number of benzene rings is 1. The first-order valence-electron chi connectivity index (χ1n) is 7.23. The molecule has 1 aliphatic rings. The molecule has 4 heteroatoms. The highest BCUT2D eigenvalue weighted by molar-refractivity contribution is 9.10. The van der Waals surface area contributed by atoms with Gasteiger partial charge in [-0.05, 0) is 49.1 Å². The quantitative estimate of drug-likeness (QED) is 0.848. The molecule has 0 bridgehead atoms. The van der Waals surface area contributed by atoms with E-state index in [-0.39, 0.29) is 11.2 Å². The Balaban J connectivity index is 2.04. The van der Waals surface area contributed by atoms with Crippen LogP contribution < -0.4 is 5.32 Å². The van der Waals surface area contributed by atoms with Gasteiger partial charge in [0.2, 0.25) is 0 Å². The van der Waals surface area contributed by atoms with Crippen LogP contribution in [0.3, 0.4) is 0 Å². The third kappa shape index (κ3) is 4.54. The lowest BCUT2D eigenvalue weighted by Gasteiger charge is -2.28. The molecule has 0 spiro atoms. The Hall–Kier alpha value is -0.450. The molecule has 20 heavy (non-hydrogen) atoms. The number of hydrogen-bond donors (Lipinski definition) is 1.